The number of rotatable bonds is 0. The van der Waals surface area contributed by atoms with Gasteiger partial charge < -0.3 is 5.32 Å². The molecule has 0 bridgehead atoms. The highest BCUT2D eigenvalue weighted by Gasteiger charge is 1.94. The lowest BCUT2D eigenvalue weighted by atomic mass is 10.6. The van der Waals surface area contributed by atoms with E-state index in [1.807, 2.05) is 0 Å². The monoisotopic (exact) mass is 127 g/mol. The highest BCUT2D eigenvalue weighted by atomic mass is 15.0. The van der Waals surface area contributed by atoms with Gasteiger partial charge in [0.25, 0.3) is 0 Å². The van der Waals surface area contributed by atoms with Gasteiger partial charge in [0.05, 0.1) is 0 Å². The molecule has 0 aromatic heterocycles. The lowest BCUT2D eigenvalue weighted by Crippen LogP contribution is -2.25. The molecule has 0 aliphatic carbocycles. The number of hydrogen-bond acceptors (Lipinski definition) is 1. The summed E-state index contributed by atoms with van der Waals surface area (Å²) in [6, 6.07) is 0. The molecule has 0 aromatic rings. The highest BCUT2D eigenvalue weighted by Crippen LogP contribution is 1.70. The summed E-state index contributed by atoms with van der Waals surface area (Å²) in [5.74, 6) is 0. The average molecular weight is 127 g/mol. The predicted molar refractivity (Wildman–Crippen MR) is 36.6 cm³/mol. The maximum Gasteiger partial charge on any atom is 0.0275 e. The van der Waals surface area contributed by atoms with Crippen molar-refractivity contribution in [3.8, 4) is 0 Å². The van der Waals surface area contributed by atoms with Gasteiger partial charge in [-0.05, 0) is 0 Å². The maximum absolute atomic E-state index is 4.23. The Hall–Kier alpha value is -0.120. The summed E-state index contributed by atoms with van der Waals surface area (Å²) in [4.78, 5) is 0. The summed E-state index contributed by atoms with van der Waals surface area (Å²) >= 11 is 0. The van der Waals surface area contributed by atoms with Gasteiger partial charge in [-0.15, -0.1) is 0 Å². The third-order valence-corrected chi connectivity index (χ3v) is 1.31. The van der Waals surface area contributed by atoms with E-state index in [0.717, 1.165) is 39.3 Å². The second-order valence-electron chi connectivity index (χ2n) is 2.09. The first-order valence-electron chi connectivity index (χ1n) is 3.47. The fourth-order valence-electron chi connectivity index (χ4n) is 0.806. The lowest BCUT2D eigenvalue weighted by Gasteiger charge is -1.97. The summed E-state index contributed by atoms with van der Waals surface area (Å²) in [6.45, 7) is 5.79. The Labute approximate surface area is 56.2 Å². The molecular weight excluding hydrogens is 114 g/mol. The summed E-state index contributed by atoms with van der Waals surface area (Å²) in [6.07, 6.45) is 0. The van der Waals surface area contributed by atoms with Gasteiger partial charge in [-0.2, -0.15) is 0 Å². The van der Waals surface area contributed by atoms with Crippen LogP contribution < -0.4 is 16.0 Å². The summed E-state index contributed by atoms with van der Waals surface area (Å²) in [5.41, 5.74) is 0. The van der Waals surface area contributed by atoms with Gasteiger partial charge in [-0.1, -0.05) is 0 Å². The zero-order valence-electron chi connectivity index (χ0n) is 5.64. The molecule has 1 heterocycles. The van der Waals surface area contributed by atoms with Crippen LogP contribution in [0.4, 0.5) is 0 Å². The van der Waals surface area contributed by atoms with Gasteiger partial charge in [0.2, 0.25) is 0 Å². The van der Waals surface area contributed by atoms with Crippen molar-refractivity contribution in [2.45, 2.75) is 0 Å². The number of nitrogens with one attached hydrogen (secondary N) is 1. The van der Waals surface area contributed by atoms with E-state index in [0.29, 0.717) is 0 Å². The van der Waals surface area contributed by atoms with Gasteiger partial charge in [0, 0.05) is 39.3 Å². The molecule has 0 spiro atoms. The predicted octanol–water partition coefficient (Wildman–Crippen LogP) is -1.20. The summed E-state index contributed by atoms with van der Waals surface area (Å²) in [5, 5.41) is 11.7. The van der Waals surface area contributed by atoms with Crippen LogP contribution in [-0.4, -0.2) is 39.3 Å². The Morgan fingerprint density at radius 3 is 1.89 bits per heavy atom. The third kappa shape index (κ3) is 3.46. The van der Waals surface area contributed by atoms with Crippen molar-refractivity contribution >= 4 is 0 Å². The SMILES string of the molecule is C1C[N]CCNCC[N]1. The van der Waals surface area contributed by atoms with Crippen LogP contribution in [0, 0.1) is 0 Å². The van der Waals surface area contributed by atoms with Crippen LogP contribution in [0.1, 0.15) is 0 Å². The third-order valence-electron chi connectivity index (χ3n) is 1.31. The van der Waals surface area contributed by atoms with Gasteiger partial charge in [0.15, 0.2) is 0 Å². The molecule has 0 amide bonds. The maximum atomic E-state index is 4.23. The van der Waals surface area contributed by atoms with Crippen LogP contribution in [-0.2, 0) is 0 Å². The van der Waals surface area contributed by atoms with Gasteiger partial charge >= 0.3 is 0 Å². The van der Waals surface area contributed by atoms with Crippen LogP contribution in [0.2, 0.25) is 0 Å². The summed E-state index contributed by atoms with van der Waals surface area (Å²) < 4.78 is 0. The van der Waals surface area contributed by atoms with E-state index in [4.69, 9.17) is 0 Å². The lowest BCUT2D eigenvalue weighted by molar-refractivity contribution is 0.634. The van der Waals surface area contributed by atoms with Crippen LogP contribution >= 0.6 is 0 Å². The van der Waals surface area contributed by atoms with Crippen LogP contribution in [0.5, 0.6) is 0 Å². The highest BCUT2D eigenvalue weighted by molar-refractivity contribution is 4.58. The van der Waals surface area contributed by atoms with Crippen molar-refractivity contribution in [1.82, 2.24) is 16.0 Å². The Morgan fingerprint density at radius 1 is 0.778 bits per heavy atom. The topological polar surface area (TPSA) is 40.2 Å². The fraction of sp³-hybridized carbons (Fsp3) is 1.00. The molecule has 0 aromatic carbocycles. The van der Waals surface area contributed by atoms with Crippen LogP contribution in [0.3, 0.4) is 0 Å². The molecular formula is C6H13N3. The van der Waals surface area contributed by atoms with Crippen molar-refractivity contribution in [1.29, 1.82) is 0 Å². The van der Waals surface area contributed by atoms with E-state index in [1.54, 1.807) is 0 Å². The summed E-state index contributed by atoms with van der Waals surface area (Å²) in [7, 11) is 0. The first kappa shape index (κ1) is 6.99. The van der Waals surface area contributed by atoms with Gasteiger partial charge in [-0.3, -0.25) is 0 Å². The minimum atomic E-state index is 0.918. The Bertz CT molecular complexity index is 36.8. The molecule has 2 radical (unpaired) electrons. The van der Waals surface area contributed by atoms with Crippen molar-refractivity contribution in [3.63, 3.8) is 0 Å². The number of nitrogens with zero attached hydrogens (tertiary/aromatic N) is 2. The molecule has 1 saturated heterocycles. The molecule has 9 heavy (non-hydrogen) atoms. The Balaban J connectivity index is 2.02. The van der Waals surface area contributed by atoms with Crippen molar-refractivity contribution < 1.29 is 0 Å². The van der Waals surface area contributed by atoms with Crippen LogP contribution in [0.25, 0.3) is 0 Å². The zero-order chi connectivity index (χ0) is 6.36. The second kappa shape index (κ2) is 4.73. The standard InChI is InChI=1S/C6H13N3/c1-2-8-5-6-9-4-3-7-1/h7H,1-6H2. The normalized spacial score (nSPS) is 24.0. The van der Waals surface area contributed by atoms with E-state index < -0.39 is 0 Å². The molecule has 1 aliphatic heterocycles. The van der Waals surface area contributed by atoms with Crippen molar-refractivity contribution in [2.24, 2.45) is 0 Å². The first-order valence-corrected chi connectivity index (χ1v) is 3.47. The molecule has 1 rings (SSSR count). The first-order chi connectivity index (χ1) is 4.50. The van der Waals surface area contributed by atoms with E-state index in [2.05, 4.69) is 16.0 Å². The number of hydrogen-bond donors (Lipinski definition) is 1. The van der Waals surface area contributed by atoms with E-state index in [1.165, 1.54) is 0 Å². The largest absolute Gasteiger partial charge is 0.314 e. The molecule has 1 aliphatic rings. The smallest absolute Gasteiger partial charge is 0.0275 e. The fourth-order valence-corrected chi connectivity index (χ4v) is 0.806. The van der Waals surface area contributed by atoms with E-state index in [9.17, 15) is 0 Å². The van der Waals surface area contributed by atoms with Crippen molar-refractivity contribution in [2.75, 3.05) is 39.3 Å². The molecule has 0 atom stereocenters. The molecule has 52 valence electrons. The van der Waals surface area contributed by atoms with E-state index in [-0.39, 0.29) is 0 Å². The average Bonchev–Trinajstić information content (AvgIpc) is 2.00. The molecule has 0 saturated carbocycles. The van der Waals surface area contributed by atoms with Crippen molar-refractivity contribution in [3.05, 3.63) is 0 Å². The zero-order valence-corrected chi connectivity index (χ0v) is 5.64. The van der Waals surface area contributed by atoms with E-state index >= 15 is 0 Å². The Morgan fingerprint density at radius 2 is 1.33 bits per heavy atom. The van der Waals surface area contributed by atoms with Gasteiger partial charge in [0.1, 0.15) is 0 Å². The molecule has 3 heteroatoms. The Kier molecular flexibility index (Phi) is 3.68. The molecule has 1 N–H and O–H groups in total. The molecule has 0 unspecified atom stereocenters. The van der Waals surface area contributed by atoms with Crippen LogP contribution in [0.15, 0.2) is 0 Å². The minimum absolute atomic E-state index is 0.918. The molecule has 3 nitrogen and oxygen atoms in total. The molecule has 1 fully saturated rings. The quantitative estimate of drug-likeness (QED) is 0.436. The second-order valence-corrected chi connectivity index (χ2v) is 2.09. The minimum Gasteiger partial charge on any atom is -0.314 e. The van der Waals surface area contributed by atoms with Gasteiger partial charge in [-0.25, -0.2) is 10.6 Å².